The first kappa shape index (κ1) is 20.1. The standard InChI is InChI=1S/C22H27N7O/c1-15-10-17-11-19(28-8-6-24-7-9-28)4-5-20(17)29(16(2)30)22(15,3)27-21-14-25-18(12-23)13-26-21/h4-5,11,13-15,24H,6-10H2,1-3H3,(H,26,27)/t15-,22+/m1/s1. The Morgan fingerprint density at radius 2 is 2.07 bits per heavy atom. The van der Waals surface area contributed by atoms with Gasteiger partial charge in [0.1, 0.15) is 17.5 Å². The topological polar surface area (TPSA) is 97.2 Å². The van der Waals surface area contributed by atoms with Crippen LogP contribution < -0.4 is 20.4 Å². The first-order valence-electron chi connectivity index (χ1n) is 10.3. The van der Waals surface area contributed by atoms with Gasteiger partial charge in [0.25, 0.3) is 0 Å². The predicted molar refractivity (Wildman–Crippen MR) is 116 cm³/mol. The van der Waals surface area contributed by atoms with Crippen molar-refractivity contribution in [3.8, 4) is 6.07 Å². The number of hydrogen-bond donors (Lipinski definition) is 2. The van der Waals surface area contributed by atoms with Gasteiger partial charge in [0.15, 0.2) is 5.69 Å². The van der Waals surface area contributed by atoms with E-state index in [-0.39, 0.29) is 17.5 Å². The SMILES string of the molecule is CC(=O)N1c2ccc(N3CCNCC3)cc2C[C@@H](C)[C@@]1(C)Nc1cnc(C#N)cn1. The molecule has 2 aliphatic heterocycles. The highest BCUT2D eigenvalue weighted by Gasteiger charge is 2.44. The Balaban J connectivity index is 1.68. The van der Waals surface area contributed by atoms with Crippen LogP contribution in [0.15, 0.2) is 30.6 Å². The third-order valence-corrected chi connectivity index (χ3v) is 6.20. The number of aromatic nitrogens is 2. The molecule has 0 saturated carbocycles. The lowest BCUT2D eigenvalue weighted by atomic mass is 9.82. The molecule has 2 aromatic rings. The van der Waals surface area contributed by atoms with Crippen molar-refractivity contribution in [1.82, 2.24) is 15.3 Å². The highest BCUT2D eigenvalue weighted by Crippen LogP contribution is 2.42. The number of amides is 1. The fraction of sp³-hybridized carbons (Fsp3) is 0.455. The van der Waals surface area contributed by atoms with E-state index in [2.05, 4.69) is 50.6 Å². The van der Waals surface area contributed by atoms with E-state index in [1.165, 1.54) is 23.6 Å². The number of benzene rings is 1. The van der Waals surface area contributed by atoms with Crippen LogP contribution in [-0.4, -0.2) is 47.7 Å². The van der Waals surface area contributed by atoms with Crippen LogP contribution in [0.25, 0.3) is 0 Å². The molecule has 1 aromatic carbocycles. The Hall–Kier alpha value is -3.18. The number of carbonyl (C=O) groups excluding carboxylic acids is 1. The molecule has 8 heteroatoms. The average Bonchev–Trinajstić information content (AvgIpc) is 2.75. The number of fused-ring (bicyclic) bond motifs is 1. The number of hydrogen-bond acceptors (Lipinski definition) is 7. The molecule has 1 aromatic heterocycles. The Bertz CT molecular complexity index is 978. The summed E-state index contributed by atoms with van der Waals surface area (Å²) in [5, 5.41) is 15.7. The lowest BCUT2D eigenvalue weighted by molar-refractivity contribution is -0.118. The molecule has 1 saturated heterocycles. The second kappa shape index (κ2) is 7.92. The summed E-state index contributed by atoms with van der Waals surface area (Å²) in [6.07, 6.45) is 3.81. The van der Waals surface area contributed by atoms with Crippen molar-refractivity contribution in [2.45, 2.75) is 32.9 Å². The summed E-state index contributed by atoms with van der Waals surface area (Å²) in [7, 11) is 0. The van der Waals surface area contributed by atoms with Gasteiger partial charge in [-0.2, -0.15) is 5.26 Å². The fourth-order valence-corrected chi connectivity index (χ4v) is 4.46. The van der Waals surface area contributed by atoms with E-state index in [0.717, 1.165) is 38.3 Å². The first-order valence-corrected chi connectivity index (χ1v) is 10.3. The zero-order valence-corrected chi connectivity index (χ0v) is 17.6. The van der Waals surface area contributed by atoms with Gasteiger partial charge < -0.3 is 15.5 Å². The van der Waals surface area contributed by atoms with E-state index in [4.69, 9.17) is 5.26 Å². The third kappa shape index (κ3) is 3.57. The summed E-state index contributed by atoms with van der Waals surface area (Å²) >= 11 is 0. The number of carbonyl (C=O) groups is 1. The van der Waals surface area contributed by atoms with Gasteiger partial charge in [0.05, 0.1) is 12.4 Å². The normalized spacial score (nSPS) is 23.5. The minimum atomic E-state index is -0.668. The van der Waals surface area contributed by atoms with Gasteiger partial charge in [-0.1, -0.05) is 6.92 Å². The molecule has 30 heavy (non-hydrogen) atoms. The van der Waals surface area contributed by atoms with Crippen molar-refractivity contribution < 1.29 is 4.79 Å². The van der Waals surface area contributed by atoms with Crippen LogP contribution in [0.5, 0.6) is 0 Å². The lowest BCUT2D eigenvalue weighted by Crippen LogP contribution is -2.61. The van der Waals surface area contributed by atoms with Crippen molar-refractivity contribution in [3.05, 3.63) is 41.9 Å². The van der Waals surface area contributed by atoms with Gasteiger partial charge in [-0.05, 0) is 37.1 Å². The monoisotopic (exact) mass is 405 g/mol. The molecular weight excluding hydrogens is 378 g/mol. The highest BCUT2D eigenvalue weighted by molar-refractivity contribution is 5.95. The van der Waals surface area contributed by atoms with Crippen LogP contribution in [0.2, 0.25) is 0 Å². The summed E-state index contributed by atoms with van der Waals surface area (Å²) < 4.78 is 0. The van der Waals surface area contributed by atoms with E-state index < -0.39 is 5.66 Å². The van der Waals surface area contributed by atoms with Gasteiger partial charge in [-0.25, -0.2) is 9.97 Å². The maximum atomic E-state index is 12.8. The summed E-state index contributed by atoms with van der Waals surface area (Å²) in [6, 6.07) is 8.37. The van der Waals surface area contributed by atoms with Crippen LogP contribution in [0, 0.1) is 17.2 Å². The fourth-order valence-electron chi connectivity index (χ4n) is 4.46. The Morgan fingerprint density at radius 1 is 1.30 bits per heavy atom. The minimum Gasteiger partial charge on any atom is -0.369 e. The molecule has 0 spiro atoms. The summed E-state index contributed by atoms with van der Waals surface area (Å²) in [4.78, 5) is 25.4. The number of piperazine rings is 1. The van der Waals surface area contributed by atoms with Crippen LogP contribution in [0.1, 0.15) is 32.0 Å². The smallest absolute Gasteiger partial charge is 0.225 e. The quantitative estimate of drug-likeness (QED) is 0.807. The molecule has 2 N–H and O–H groups in total. The van der Waals surface area contributed by atoms with Crippen molar-refractivity contribution in [2.24, 2.45) is 5.92 Å². The maximum absolute atomic E-state index is 12.8. The molecule has 1 fully saturated rings. The van der Waals surface area contributed by atoms with Gasteiger partial charge >= 0.3 is 0 Å². The van der Waals surface area contributed by atoms with E-state index in [1.807, 2.05) is 17.9 Å². The van der Waals surface area contributed by atoms with Crippen molar-refractivity contribution in [1.29, 1.82) is 5.26 Å². The first-order chi connectivity index (χ1) is 14.4. The van der Waals surface area contributed by atoms with Crippen LogP contribution in [0.3, 0.4) is 0 Å². The van der Waals surface area contributed by atoms with Crippen molar-refractivity contribution in [3.63, 3.8) is 0 Å². The van der Waals surface area contributed by atoms with E-state index in [0.29, 0.717) is 5.82 Å². The molecule has 0 radical (unpaired) electrons. The summed E-state index contributed by atoms with van der Waals surface area (Å²) in [6.45, 7) is 9.70. The zero-order chi connectivity index (χ0) is 21.3. The minimum absolute atomic E-state index is 0.0330. The van der Waals surface area contributed by atoms with Gasteiger partial charge in [-0.15, -0.1) is 0 Å². The maximum Gasteiger partial charge on any atom is 0.225 e. The second-order valence-electron chi connectivity index (χ2n) is 8.18. The molecule has 156 valence electrons. The molecule has 1 amide bonds. The van der Waals surface area contributed by atoms with Crippen LogP contribution in [0.4, 0.5) is 17.2 Å². The van der Waals surface area contributed by atoms with Gasteiger partial charge in [-0.3, -0.25) is 9.69 Å². The average molecular weight is 406 g/mol. The molecule has 2 atom stereocenters. The second-order valence-corrected chi connectivity index (χ2v) is 8.18. The summed E-state index contributed by atoms with van der Waals surface area (Å²) in [5.74, 6) is 0.634. The number of rotatable bonds is 3. The zero-order valence-electron chi connectivity index (χ0n) is 17.6. The number of nitriles is 1. The number of anilines is 3. The molecule has 0 bridgehead atoms. The van der Waals surface area contributed by atoms with E-state index >= 15 is 0 Å². The molecule has 0 aliphatic carbocycles. The van der Waals surface area contributed by atoms with E-state index in [9.17, 15) is 4.79 Å². The molecule has 3 heterocycles. The number of nitrogens with one attached hydrogen (secondary N) is 2. The van der Waals surface area contributed by atoms with Crippen molar-refractivity contribution >= 4 is 23.1 Å². The van der Waals surface area contributed by atoms with Crippen LogP contribution >= 0.6 is 0 Å². The van der Waals surface area contributed by atoms with Gasteiger partial charge in [0, 0.05) is 50.4 Å². The Morgan fingerprint density at radius 3 is 2.70 bits per heavy atom. The van der Waals surface area contributed by atoms with Gasteiger partial charge in [0.2, 0.25) is 5.91 Å². The largest absolute Gasteiger partial charge is 0.369 e. The molecule has 0 unspecified atom stereocenters. The highest BCUT2D eigenvalue weighted by atomic mass is 16.2. The lowest BCUT2D eigenvalue weighted by Gasteiger charge is -2.50. The van der Waals surface area contributed by atoms with E-state index in [1.54, 1.807) is 6.92 Å². The predicted octanol–water partition coefficient (Wildman–Crippen LogP) is 2.13. The van der Waals surface area contributed by atoms with Crippen LogP contribution in [-0.2, 0) is 11.2 Å². The molecule has 8 nitrogen and oxygen atoms in total. The molecule has 4 rings (SSSR count). The molecule has 2 aliphatic rings. The Kier molecular flexibility index (Phi) is 5.31. The van der Waals surface area contributed by atoms with Crippen molar-refractivity contribution in [2.75, 3.05) is 41.3 Å². The Labute approximate surface area is 176 Å². The molecular formula is C22H27N7O. The summed E-state index contributed by atoms with van der Waals surface area (Å²) in [5.41, 5.74) is 2.91. The number of nitrogens with zero attached hydrogens (tertiary/aromatic N) is 5. The third-order valence-electron chi connectivity index (χ3n) is 6.20.